The first kappa shape index (κ1) is 16.0. The second-order valence-corrected chi connectivity index (χ2v) is 4.59. The number of hydrogen-bond donors (Lipinski definition) is 0. The highest BCUT2D eigenvalue weighted by Crippen LogP contribution is 2.12. The Hall–Kier alpha value is -2.09. The maximum Gasteiger partial charge on any atom is 0.306 e. The molecule has 2 heteroatoms. The maximum absolute atomic E-state index is 11.3. The third-order valence-electron chi connectivity index (χ3n) is 2.88. The summed E-state index contributed by atoms with van der Waals surface area (Å²) >= 11 is 0. The van der Waals surface area contributed by atoms with Gasteiger partial charge in [-0.3, -0.25) is 4.79 Å². The van der Waals surface area contributed by atoms with Crippen LogP contribution in [0, 0.1) is 0 Å². The minimum Gasteiger partial charge on any atom is -0.461 e. The van der Waals surface area contributed by atoms with Crippen LogP contribution in [0.1, 0.15) is 30.9 Å². The predicted octanol–water partition coefficient (Wildman–Crippen LogP) is 4.37. The Morgan fingerprint density at radius 2 is 1.85 bits per heavy atom. The molecule has 2 nitrogen and oxygen atoms in total. The van der Waals surface area contributed by atoms with Crippen LogP contribution >= 0.6 is 0 Å². The normalized spacial score (nSPS) is 10.9. The van der Waals surface area contributed by atoms with Gasteiger partial charge in [-0.25, -0.2) is 0 Å². The molecule has 1 aromatic rings. The van der Waals surface area contributed by atoms with E-state index in [1.807, 2.05) is 43.3 Å². The zero-order valence-corrected chi connectivity index (χ0v) is 12.1. The molecule has 1 rings (SSSR count). The topological polar surface area (TPSA) is 26.3 Å². The molecule has 0 amide bonds. The summed E-state index contributed by atoms with van der Waals surface area (Å²) in [5.41, 5.74) is 3.33. The van der Waals surface area contributed by atoms with Crippen LogP contribution in [0.3, 0.4) is 0 Å². The molecule has 0 radical (unpaired) electrons. The van der Waals surface area contributed by atoms with Crippen molar-refractivity contribution in [2.75, 3.05) is 0 Å². The maximum atomic E-state index is 11.3. The third-order valence-corrected chi connectivity index (χ3v) is 2.88. The fourth-order valence-electron chi connectivity index (χ4n) is 1.78. The molecule has 0 fully saturated rings. The highest BCUT2D eigenvalue weighted by molar-refractivity contribution is 5.69. The molecule has 0 saturated carbocycles. The van der Waals surface area contributed by atoms with Gasteiger partial charge in [0.25, 0.3) is 0 Å². The van der Waals surface area contributed by atoms with Crippen molar-refractivity contribution in [1.29, 1.82) is 0 Å². The van der Waals surface area contributed by atoms with Crippen LogP contribution in [0.5, 0.6) is 0 Å². The summed E-state index contributed by atoms with van der Waals surface area (Å²) in [6.45, 7) is 9.78. The third kappa shape index (κ3) is 5.70. The van der Waals surface area contributed by atoms with E-state index < -0.39 is 0 Å². The number of rotatable bonds is 8. The molecule has 0 heterocycles. The first-order chi connectivity index (χ1) is 9.69. The Labute approximate surface area is 121 Å². The molecular weight excluding hydrogens is 248 g/mol. The minimum atomic E-state index is -0.139. The summed E-state index contributed by atoms with van der Waals surface area (Å²) in [5.74, 6) is -0.139. The lowest BCUT2D eigenvalue weighted by atomic mass is 10.0. The zero-order chi connectivity index (χ0) is 14.8. The van der Waals surface area contributed by atoms with Crippen LogP contribution in [0.25, 0.3) is 0 Å². The van der Waals surface area contributed by atoms with Gasteiger partial charge in [-0.15, -0.1) is 0 Å². The largest absolute Gasteiger partial charge is 0.461 e. The smallest absolute Gasteiger partial charge is 0.306 e. The van der Waals surface area contributed by atoms with E-state index >= 15 is 0 Å². The van der Waals surface area contributed by atoms with Crippen LogP contribution in [-0.4, -0.2) is 5.97 Å². The van der Waals surface area contributed by atoms with Gasteiger partial charge in [0.2, 0.25) is 0 Å². The summed E-state index contributed by atoms with van der Waals surface area (Å²) in [5, 5.41) is 0. The Kier molecular flexibility index (Phi) is 7.12. The van der Waals surface area contributed by atoms with Gasteiger partial charge in [-0.1, -0.05) is 62.6 Å². The van der Waals surface area contributed by atoms with Crippen LogP contribution in [-0.2, 0) is 22.6 Å². The van der Waals surface area contributed by atoms with E-state index in [0.29, 0.717) is 13.0 Å². The lowest BCUT2D eigenvalue weighted by molar-refractivity contribution is -0.144. The summed E-state index contributed by atoms with van der Waals surface area (Å²) in [6.07, 6.45) is 7.67. The van der Waals surface area contributed by atoms with Crippen molar-refractivity contribution in [1.82, 2.24) is 0 Å². The molecule has 1 aromatic carbocycles. The summed E-state index contributed by atoms with van der Waals surface area (Å²) < 4.78 is 5.17. The van der Waals surface area contributed by atoms with E-state index in [4.69, 9.17) is 4.74 Å². The zero-order valence-electron chi connectivity index (χ0n) is 12.1. The predicted molar refractivity (Wildman–Crippen MR) is 83.3 cm³/mol. The second kappa shape index (κ2) is 8.92. The standard InChI is InChI=1S/C18H22O2/c1-4-7-15(6-3)13-16-9-11-17(12-10-16)14-20-18(19)8-5-2/h4,6-7,9-12H,1,3,5,8,13-14H2,2H3/b15-7+. The van der Waals surface area contributed by atoms with Gasteiger partial charge < -0.3 is 4.74 Å². The van der Waals surface area contributed by atoms with Crippen molar-refractivity contribution in [3.63, 3.8) is 0 Å². The Morgan fingerprint density at radius 3 is 2.40 bits per heavy atom. The lowest BCUT2D eigenvalue weighted by Crippen LogP contribution is -2.03. The molecule has 0 unspecified atom stereocenters. The molecule has 0 aromatic heterocycles. The van der Waals surface area contributed by atoms with Crippen molar-refractivity contribution < 1.29 is 9.53 Å². The number of carbonyl (C=O) groups is 1. The van der Waals surface area contributed by atoms with Crippen molar-refractivity contribution in [3.8, 4) is 0 Å². The molecule has 0 spiro atoms. The van der Waals surface area contributed by atoms with Gasteiger partial charge in [-0.2, -0.15) is 0 Å². The number of benzene rings is 1. The highest BCUT2D eigenvalue weighted by Gasteiger charge is 2.02. The molecule has 20 heavy (non-hydrogen) atoms. The Bertz CT molecular complexity index is 481. The first-order valence-corrected chi connectivity index (χ1v) is 6.87. The molecule has 0 saturated heterocycles. The molecule has 0 aliphatic heterocycles. The van der Waals surface area contributed by atoms with Crippen LogP contribution in [0.4, 0.5) is 0 Å². The molecule has 0 aliphatic rings. The second-order valence-electron chi connectivity index (χ2n) is 4.59. The van der Waals surface area contributed by atoms with E-state index in [2.05, 4.69) is 13.2 Å². The van der Waals surface area contributed by atoms with E-state index in [1.165, 1.54) is 5.56 Å². The van der Waals surface area contributed by atoms with Crippen LogP contribution in [0.15, 0.2) is 61.2 Å². The van der Waals surface area contributed by atoms with Gasteiger partial charge >= 0.3 is 5.97 Å². The van der Waals surface area contributed by atoms with Crippen molar-refractivity contribution in [2.45, 2.75) is 32.8 Å². The van der Waals surface area contributed by atoms with Gasteiger partial charge in [0.05, 0.1) is 0 Å². The number of carbonyl (C=O) groups excluding carboxylic acids is 1. The van der Waals surface area contributed by atoms with Gasteiger partial charge in [0, 0.05) is 6.42 Å². The quantitative estimate of drug-likeness (QED) is 0.518. The average Bonchev–Trinajstić information content (AvgIpc) is 2.46. The Morgan fingerprint density at radius 1 is 1.20 bits per heavy atom. The highest BCUT2D eigenvalue weighted by atomic mass is 16.5. The lowest BCUT2D eigenvalue weighted by Gasteiger charge is -2.06. The molecule has 0 aliphatic carbocycles. The number of hydrogen-bond acceptors (Lipinski definition) is 2. The summed E-state index contributed by atoms with van der Waals surface area (Å²) in [6, 6.07) is 8.07. The minimum absolute atomic E-state index is 0.139. The van der Waals surface area contributed by atoms with Crippen LogP contribution in [0.2, 0.25) is 0 Å². The fraction of sp³-hybridized carbons (Fsp3) is 0.278. The van der Waals surface area contributed by atoms with E-state index in [0.717, 1.165) is 24.0 Å². The SMILES string of the molecule is C=C/C=C(\C=C)Cc1ccc(COC(=O)CCC)cc1. The monoisotopic (exact) mass is 270 g/mol. The van der Waals surface area contributed by atoms with E-state index in [1.54, 1.807) is 6.08 Å². The van der Waals surface area contributed by atoms with Crippen molar-refractivity contribution in [2.24, 2.45) is 0 Å². The van der Waals surface area contributed by atoms with Crippen molar-refractivity contribution >= 4 is 5.97 Å². The van der Waals surface area contributed by atoms with Crippen molar-refractivity contribution in [3.05, 3.63) is 72.4 Å². The van der Waals surface area contributed by atoms with E-state index in [-0.39, 0.29) is 5.97 Å². The van der Waals surface area contributed by atoms with Gasteiger partial charge in [0.15, 0.2) is 0 Å². The van der Waals surface area contributed by atoms with Crippen LogP contribution < -0.4 is 0 Å². The van der Waals surface area contributed by atoms with Gasteiger partial charge in [-0.05, 0) is 29.5 Å². The first-order valence-electron chi connectivity index (χ1n) is 6.87. The van der Waals surface area contributed by atoms with E-state index in [9.17, 15) is 4.79 Å². The fourth-order valence-corrected chi connectivity index (χ4v) is 1.78. The number of allylic oxidation sites excluding steroid dienone is 4. The average molecular weight is 270 g/mol. The molecule has 106 valence electrons. The molecule has 0 N–H and O–H groups in total. The molecule has 0 bridgehead atoms. The van der Waals surface area contributed by atoms with Gasteiger partial charge in [0.1, 0.15) is 6.61 Å². The number of esters is 1. The number of ether oxygens (including phenoxy) is 1. The summed E-state index contributed by atoms with van der Waals surface area (Å²) in [4.78, 5) is 11.3. The summed E-state index contributed by atoms with van der Waals surface area (Å²) in [7, 11) is 0. The Balaban J connectivity index is 2.56. The molecule has 0 atom stereocenters. The molecular formula is C18H22O2.